The first-order chi connectivity index (χ1) is 19.0. The van der Waals surface area contributed by atoms with E-state index in [0.29, 0.717) is 37.6 Å². The number of nitrogen functional groups attached to an aromatic ring is 1. The van der Waals surface area contributed by atoms with Crippen molar-refractivity contribution >= 4 is 17.7 Å². The van der Waals surface area contributed by atoms with Gasteiger partial charge in [0.25, 0.3) is 0 Å². The van der Waals surface area contributed by atoms with Crippen molar-refractivity contribution in [2.75, 3.05) is 37.4 Å². The summed E-state index contributed by atoms with van der Waals surface area (Å²) in [5.74, 6) is -0.288. The molecule has 0 bridgehead atoms. The Bertz CT molecular complexity index is 1340. The van der Waals surface area contributed by atoms with Gasteiger partial charge in [-0.05, 0) is 47.9 Å². The molecule has 2 aromatic carbocycles. The van der Waals surface area contributed by atoms with Crippen LogP contribution in [0.25, 0.3) is 11.1 Å². The van der Waals surface area contributed by atoms with Crippen molar-refractivity contribution in [3.8, 4) is 22.8 Å². The molecule has 40 heavy (non-hydrogen) atoms. The molecule has 3 aromatic rings. The maximum Gasteiger partial charge on any atom is 0.429 e. The number of aliphatic carboxylic acids is 1. The molecule has 1 spiro atoms. The molecule has 1 aromatic heterocycles. The number of benzene rings is 2. The van der Waals surface area contributed by atoms with Crippen LogP contribution in [0.2, 0.25) is 0 Å². The summed E-state index contributed by atoms with van der Waals surface area (Å²) in [6, 6.07) is 14.0. The van der Waals surface area contributed by atoms with E-state index in [2.05, 4.69) is 15.3 Å². The first-order valence-electron chi connectivity index (χ1n) is 12.9. The fourth-order valence-corrected chi connectivity index (χ4v) is 5.41. The maximum absolute atomic E-state index is 14.1. The van der Waals surface area contributed by atoms with Crippen LogP contribution in [0.4, 0.5) is 24.9 Å². The highest BCUT2D eigenvalue weighted by Crippen LogP contribution is 2.41. The van der Waals surface area contributed by atoms with E-state index in [1.54, 1.807) is 31.4 Å². The van der Waals surface area contributed by atoms with Gasteiger partial charge in [-0.15, -0.1) is 0 Å². The molecule has 9 nitrogen and oxygen atoms in total. The van der Waals surface area contributed by atoms with E-state index in [1.165, 1.54) is 18.2 Å². The minimum absolute atomic E-state index is 0.0786. The van der Waals surface area contributed by atoms with Gasteiger partial charge in [0.15, 0.2) is 0 Å². The highest BCUT2D eigenvalue weighted by molar-refractivity contribution is 5.74. The molecule has 2 fully saturated rings. The van der Waals surface area contributed by atoms with Crippen LogP contribution in [0.1, 0.15) is 30.9 Å². The lowest BCUT2D eigenvalue weighted by molar-refractivity contribution is -0.198. The third-order valence-electron chi connectivity index (χ3n) is 7.69. The molecule has 3 heterocycles. The number of hydrogen-bond donors (Lipinski definition) is 3. The quantitative estimate of drug-likeness (QED) is 0.387. The summed E-state index contributed by atoms with van der Waals surface area (Å²) in [7, 11) is 1.56. The number of carboxylic acid groups (broad SMARTS) is 1. The van der Waals surface area contributed by atoms with E-state index in [-0.39, 0.29) is 22.8 Å². The standard InChI is InChI=1S/C28H30F3N5O4/c1-39-20-8-6-18(7-9-20)17-2-4-19(5-3-17)24(28(29,30)31)40-23-14-22(34-26(32)35-23)36-12-10-27(11-13-36)15-21(25(37)38)33-16-27/h2-9,14,21,24,33H,10-13,15-16H2,1H3,(H,37,38)(H2,32,34,35)/t21?,24-/m1/s1. The molecular formula is C28H30F3N5O4. The van der Waals surface area contributed by atoms with Gasteiger partial charge >= 0.3 is 12.1 Å². The number of ether oxygens (including phenoxy) is 2. The summed E-state index contributed by atoms with van der Waals surface area (Å²) in [6.45, 7) is 1.72. The highest BCUT2D eigenvalue weighted by atomic mass is 19.4. The fraction of sp³-hybridized carbons (Fsp3) is 0.393. The van der Waals surface area contributed by atoms with E-state index in [1.807, 2.05) is 17.0 Å². The first-order valence-corrected chi connectivity index (χ1v) is 12.9. The molecule has 2 aliphatic heterocycles. The Morgan fingerprint density at radius 2 is 1.73 bits per heavy atom. The Morgan fingerprint density at radius 3 is 2.27 bits per heavy atom. The second kappa shape index (κ2) is 10.8. The number of methoxy groups -OCH3 is 1. The van der Waals surface area contributed by atoms with E-state index in [4.69, 9.17) is 15.2 Å². The summed E-state index contributed by atoms with van der Waals surface area (Å²) >= 11 is 0. The van der Waals surface area contributed by atoms with Crippen LogP contribution in [0.3, 0.4) is 0 Å². The third-order valence-corrected chi connectivity index (χ3v) is 7.69. The van der Waals surface area contributed by atoms with Crippen molar-refractivity contribution in [3.63, 3.8) is 0 Å². The van der Waals surface area contributed by atoms with Gasteiger partial charge in [-0.1, -0.05) is 36.4 Å². The number of nitrogens with zero attached hydrogens (tertiary/aromatic N) is 3. The Labute approximate surface area is 229 Å². The molecular weight excluding hydrogens is 527 g/mol. The zero-order chi connectivity index (χ0) is 28.5. The second-order valence-electron chi connectivity index (χ2n) is 10.3. The summed E-state index contributed by atoms with van der Waals surface area (Å²) in [5.41, 5.74) is 7.24. The van der Waals surface area contributed by atoms with Crippen LogP contribution in [-0.2, 0) is 4.79 Å². The number of alkyl halides is 3. The smallest absolute Gasteiger partial charge is 0.429 e. The Kier molecular flexibility index (Phi) is 7.45. The molecule has 0 saturated carbocycles. The van der Waals surface area contributed by atoms with Gasteiger partial charge in [0, 0.05) is 31.3 Å². The minimum atomic E-state index is -4.71. The van der Waals surface area contributed by atoms with Gasteiger partial charge in [-0.2, -0.15) is 23.1 Å². The van der Waals surface area contributed by atoms with Crippen LogP contribution in [0.15, 0.2) is 54.6 Å². The van der Waals surface area contributed by atoms with E-state index >= 15 is 0 Å². The number of carbonyl (C=O) groups is 1. The average Bonchev–Trinajstić information content (AvgIpc) is 3.35. The zero-order valence-electron chi connectivity index (χ0n) is 21.8. The monoisotopic (exact) mass is 557 g/mol. The number of nitrogens with one attached hydrogen (secondary N) is 1. The average molecular weight is 558 g/mol. The number of nitrogens with two attached hydrogens (primary N) is 1. The summed E-state index contributed by atoms with van der Waals surface area (Å²) in [5, 5.41) is 12.4. The van der Waals surface area contributed by atoms with Crippen LogP contribution >= 0.6 is 0 Å². The molecule has 4 N–H and O–H groups in total. The van der Waals surface area contributed by atoms with Crippen molar-refractivity contribution in [1.82, 2.24) is 15.3 Å². The van der Waals surface area contributed by atoms with Gasteiger partial charge < -0.3 is 30.5 Å². The second-order valence-corrected chi connectivity index (χ2v) is 10.3. The number of anilines is 2. The lowest BCUT2D eigenvalue weighted by Gasteiger charge is -2.39. The number of piperidine rings is 1. The lowest BCUT2D eigenvalue weighted by Crippen LogP contribution is -2.41. The molecule has 1 unspecified atom stereocenters. The van der Waals surface area contributed by atoms with Crippen LogP contribution in [-0.4, -0.2) is 60.0 Å². The normalized spacial score (nSPS) is 19.4. The number of hydrogen-bond acceptors (Lipinski definition) is 8. The fourth-order valence-electron chi connectivity index (χ4n) is 5.41. The van der Waals surface area contributed by atoms with Gasteiger partial charge in [0.1, 0.15) is 17.6 Å². The molecule has 0 aliphatic carbocycles. The molecule has 0 amide bonds. The Morgan fingerprint density at radius 1 is 1.10 bits per heavy atom. The molecule has 5 rings (SSSR count). The Hall–Kier alpha value is -4.06. The van der Waals surface area contributed by atoms with Crippen molar-refractivity contribution in [2.24, 2.45) is 5.41 Å². The summed E-state index contributed by atoms with van der Waals surface area (Å²) < 4.78 is 53.0. The topological polar surface area (TPSA) is 123 Å². The molecule has 212 valence electrons. The summed E-state index contributed by atoms with van der Waals surface area (Å²) in [6.07, 6.45) is -5.00. The van der Waals surface area contributed by atoms with E-state index in [9.17, 15) is 23.1 Å². The van der Waals surface area contributed by atoms with E-state index in [0.717, 1.165) is 24.0 Å². The van der Waals surface area contributed by atoms with E-state index < -0.39 is 24.3 Å². The van der Waals surface area contributed by atoms with Crippen molar-refractivity contribution < 1.29 is 32.5 Å². The SMILES string of the molecule is COc1ccc(-c2ccc([C@@H](Oc3cc(N4CCC5(CC4)CNC(C(=O)O)C5)nc(N)n3)C(F)(F)F)cc2)cc1. The predicted octanol–water partition coefficient (Wildman–Crippen LogP) is 4.45. The maximum atomic E-state index is 14.1. The zero-order valence-corrected chi connectivity index (χ0v) is 21.8. The van der Waals surface area contributed by atoms with Gasteiger partial charge in [0.05, 0.1) is 7.11 Å². The van der Waals surface area contributed by atoms with Crippen molar-refractivity contribution in [2.45, 2.75) is 37.6 Å². The third kappa shape index (κ3) is 5.91. The molecule has 0 radical (unpaired) electrons. The number of halogens is 3. The predicted molar refractivity (Wildman–Crippen MR) is 142 cm³/mol. The molecule has 12 heteroatoms. The largest absolute Gasteiger partial charge is 0.497 e. The van der Waals surface area contributed by atoms with Gasteiger partial charge in [0.2, 0.25) is 17.9 Å². The van der Waals surface area contributed by atoms with Crippen LogP contribution < -0.4 is 25.4 Å². The lowest BCUT2D eigenvalue weighted by atomic mass is 9.76. The highest BCUT2D eigenvalue weighted by Gasteiger charge is 2.45. The minimum Gasteiger partial charge on any atom is -0.497 e. The van der Waals surface area contributed by atoms with Crippen molar-refractivity contribution in [3.05, 3.63) is 60.2 Å². The van der Waals surface area contributed by atoms with Crippen LogP contribution in [0, 0.1) is 5.41 Å². The van der Waals surface area contributed by atoms with Crippen molar-refractivity contribution in [1.29, 1.82) is 0 Å². The summed E-state index contributed by atoms with van der Waals surface area (Å²) in [4.78, 5) is 21.4. The van der Waals surface area contributed by atoms with Gasteiger partial charge in [-0.3, -0.25) is 4.79 Å². The van der Waals surface area contributed by atoms with Crippen LogP contribution in [0.5, 0.6) is 11.6 Å². The number of rotatable bonds is 7. The van der Waals surface area contributed by atoms with Gasteiger partial charge in [-0.25, -0.2) is 0 Å². The molecule has 2 atom stereocenters. The molecule has 2 saturated heterocycles. The Balaban J connectivity index is 1.31. The number of aromatic nitrogens is 2. The number of carboxylic acids is 1. The first kappa shape index (κ1) is 27.5. The molecule has 2 aliphatic rings.